The predicted molar refractivity (Wildman–Crippen MR) is 119 cm³/mol. The van der Waals surface area contributed by atoms with Crippen molar-refractivity contribution >= 4 is 28.6 Å². The molecule has 1 amide bonds. The number of carbonyl (C=O) groups is 1. The molecule has 162 valence electrons. The zero-order valence-electron chi connectivity index (χ0n) is 17.9. The fraction of sp³-hybridized carbons (Fsp3) is 0.478. The number of aryl methyl sites for hydroxylation is 2. The Morgan fingerprint density at radius 3 is 2.81 bits per heavy atom. The number of amides is 1. The number of aromatic nitrogens is 4. The molecule has 1 fully saturated rings. The summed E-state index contributed by atoms with van der Waals surface area (Å²) in [6.07, 6.45) is 8.01. The van der Waals surface area contributed by atoms with Gasteiger partial charge in [-0.2, -0.15) is 0 Å². The standard InChI is InChI=1S/C23H28N6O2/c1-31-18-10-8-17(9-11-18)26-23(30)16-6-5-12-28(14-16)21-20-22(25-15-24-21)29-13-4-2-3-7-19(29)27-20/h8-11,15-16H,2-7,12-14H2,1H3,(H,26,30). The molecule has 31 heavy (non-hydrogen) atoms. The maximum Gasteiger partial charge on any atom is 0.229 e. The summed E-state index contributed by atoms with van der Waals surface area (Å²) in [6, 6.07) is 7.43. The molecular weight excluding hydrogens is 392 g/mol. The van der Waals surface area contributed by atoms with Gasteiger partial charge in [0.05, 0.1) is 13.0 Å². The zero-order chi connectivity index (χ0) is 21.2. The van der Waals surface area contributed by atoms with Gasteiger partial charge in [-0.1, -0.05) is 6.42 Å². The third-order valence-corrected chi connectivity index (χ3v) is 6.32. The third-order valence-electron chi connectivity index (χ3n) is 6.32. The first-order valence-electron chi connectivity index (χ1n) is 11.1. The number of nitrogens with one attached hydrogen (secondary N) is 1. The molecule has 8 nitrogen and oxygen atoms in total. The van der Waals surface area contributed by atoms with Crippen LogP contribution in [0.15, 0.2) is 30.6 Å². The molecule has 5 rings (SSSR count). The Bertz CT molecular complexity index is 1080. The lowest BCUT2D eigenvalue weighted by Gasteiger charge is -2.32. The van der Waals surface area contributed by atoms with Crippen LogP contribution in [0.1, 0.15) is 37.9 Å². The first-order valence-corrected chi connectivity index (χ1v) is 11.1. The van der Waals surface area contributed by atoms with E-state index in [0.717, 1.165) is 73.0 Å². The second kappa shape index (κ2) is 8.53. The summed E-state index contributed by atoms with van der Waals surface area (Å²) in [4.78, 5) is 29.2. The van der Waals surface area contributed by atoms with Crippen molar-refractivity contribution in [2.45, 2.75) is 45.1 Å². The smallest absolute Gasteiger partial charge is 0.229 e. The van der Waals surface area contributed by atoms with Gasteiger partial charge < -0.3 is 19.5 Å². The van der Waals surface area contributed by atoms with Gasteiger partial charge in [0.15, 0.2) is 17.0 Å². The van der Waals surface area contributed by atoms with Gasteiger partial charge in [-0.05, 0) is 49.9 Å². The molecule has 2 aliphatic rings. The SMILES string of the molecule is COc1ccc(NC(=O)C2CCCN(c3ncnc4c3nc3n4CCCCC3)C2)cc1. The largest absolute Gasteiger partial charge is 0.497 e. The van der Waals surface area contributed by atoms with E-state index in [1.165, 1.54) is 12.8 Å². The van der Waals surface area contributed by atoms with Crippen molar-refractivity contribution in [3.05, 3.63) is 36.4 Å². The van der Waals surface area contributed by atoms with Crippen LogP contribution in [0.5, 0.6) is 5.75 Å². The van der Waals surface area contributed by atoms with Crippen LogP contribution in [0.4, 0.5) is 11.5 Å². The summed E-state index contributed by atoms with van der Waals surface area (Å²) in [7, 11) is 1.63. The molecule has 2 aromatic heterocycles. The van der Waals surface area contributed by atoms with E-state index in [9.17, 15) is 4.79 Å². The van der Waals surface area contributed by atoms with E-state index >= 15 is 0 Å². The average molecular weight is 421 g/mol. The Kier molecular flexibility index (Phi) is 5.44. The number of hydrogen-bond donors (Lipinski definition) is 1. The Morgan fingerprint density at radius 1 is 1.10 bits per heavy atom. The van der Waals surface area contributed by atoms with Crippen LogP contribution in [0.3, 0.4) is 0 Å². The van der Waals surface area contributed by atoms with Gasteiger partial charge in [-0.3, -0.25) is 4.79 Å². The van der Waals surface area contributed by atoms with Crippen LogP contribution in [-0.2, 0) is 17.8 Å². The second-order valence-electron chi connectivity index (χ2n) is 8.36. The number of anilines is 2. The van der Waals surface area contributed by atoms with Crippen LogP contribution in [0, 0.1) is 5.92 Å². The van der Waals surface area contributed by atoms with Gasteiger partial charge in [0.25, 0.3) is 0 Å². The summed E-state index contributed by atoms with van der Waals surface area (Å²) in [5.41, 5.74) is 2.58. The van der Waals surface area contributed by atoms with Crippen molar-refractivity contribution in [1.82, 2.24) is 19.5 Å². The van der Waals surface area contributed by atoms with Crippen LogP contribution in [-0.4, -0.2) is 45.6 Å². The number of hydrogen-bond acceptors (Lipinski definition) is 6. The van der Waals surface area contributed by atoms with E-state index in [2.05, 4.69) is 24.8 Å². The number of nitrogens with zero attached hydrogens (tertiary/aromatic N) is 5. The number of methoxy groups -OCH3 is 1. The summed E-state index contributed by atoms with van der Waals surface area (Å²) < 4.78 is 7.44. The van der Waals surface area contributed by atoms with Gasteiger partial charge in [-0.25, -0.2) is 15.0 Å². The lowest BCUT2D eigenvalue weighted by atomic mass is 9.97. The zero-order valence-corrected chi connectivity index (χ0v) is 17.9. The number of ether oxygens (including phenoxy) is 1. The minimum atomic E-state index is -0.0960. The first-order chi connectivity index (χ1) is 15.2. The number of fused-ring (bicyclic) bond motifs is 3. The number of imidazole rings is 1. The molecule has 2 aliphatic heterocycles. The van der Waals surface area contributed by atoms with E-state index in [1.54, 1.807) is 13.4 Å². The number of carbonyl (C=O) groups excluding carboxylic acids is 1. The lowest BCUT2D eigenvalue weighted by Crippen LogP contribution is -2.41. The number of benzene rings is 1. The fourth-order valence-corrected chi connectivity index (χ4v) is 4.66. The monoisotopic (exact) mass is 420 g/mol. The minimum absolute atomic E-state index is 0.0424. The molecule has 0 bridgehead atoms. The molecule has 0 aliphatic carbocycles. The molecule has 8 heteroatoms. The van der Waals surface area contributed by atoms with Gasteiger partial charge >= 0.3 is 0 Å². The van der Waals surface area contributed by atoms with E-state index in [1.807, 2.05) is 24.3 Å². The Labute approximate surface area is 181 Å². The molecule has 0 saturated carbocycles. The van der Waals surface area contributed by atoms with Crippen molar-refractivity contribution in [3.63, 3.8) is 0 Å². The van der Waals surface area contributed by atoms with E-state index in [0.29, 0.717) is 6.54 Å². The van der Waals surface area contributed by atoms with Gasteiger partial charge in [0.2, 0.25) is 5.91 Å². The average Bonchev–Trinajstić information content (AvgIpc) is 3.00. The van der Waals surface area contributed by atoms with E-state index < -0.39 is 0 Å². The van der Waals surface area contributed by atoms with Crippen molar-refractivity contribution in [3.8, 4) is 5.75 Å². The summed E-state index contributed by atoms with van der Waals surface area (Å²) >= 11 is 0. The van der Waals surface area contributed by atoms with Crippen LogP contribution in [0.2, 0.25) is 0 Å². The van der Waals surface area contributed by atoms with Gasteiger partial charge in [0, 0.05) is 31.7 Å². The lowest BCUT2D eigenvalue weighted by molar-refractivity contribution is -0.120. The highest BCUT2D eigenvalue weighted by atomic mass is 16.5. The van der Waals surface area contributed by atoms with Crippen molar-refractivity contribution < 1.29 is 9.53 Å². The molecule has 0 radical (unpaired) electrons. The molecular formula is C23H28N6O2. The highest BCUT2D eigenvalue weighted by Gasteiger charge is 2.29. The third kappa shape index (κ3) is 3.94. The maximum absolute atomic E-state index is 12.9. The topological polar surface area (TPSA) is 85.2 Å². The normalized spacial score (nSPS) is 19.0. The molecule has 1 saturated heterocycles. The molecule has 1 N–H and O–H groups in total. The molecule has 1 unspecified atom stereocenters. The van der Waals surface area contributed by atoms with E-state index in [-0.39, 0.29) is 11.8 Å². The molecule has 1 aromatic carbocycles. The highest BCUT2D eigenvalue weighted by molar-refractivity contribution is 5.93. The molecule has 0 spiro atoms. The maximum atomic E-state index is 12.9. The van der Waals surface area contributed by atoms with Crippen LogP contribution < -0.4 is 15.0 Å². The first kappa shape index (κ1) is 19.8. The minimum Gasteiger partial charge on any atom is -0.497 e. The Balaban J connectivity index is 1.35. The van der Waals surface area contributed by atoms with Crippen molar-refractivity contribution in [2.75, 3.05) is 30.4 Å². The molecule has 4 heterocycles. The molecule has 1 atom stereocenters. The van der Waals surface area contributed by atoms with Crippen molar-refractivity contribution in [2.24, 2.45) is 5.92 Å². The Morgan fingerprint density at radius 2 is 1.97 bits per heavy atom. The molecule has 3 aromatic rings. The van der Waals surface area contributed by atoms with Crippen LogP contribution >= 0.6 is 0 Å². The fourth-order valence-electron chi connectivity index (χ4n) is 4.66. The number of rotatable bonds is 4. The van der Waals surface area contributed by atoms with Crippen LogP contribution in [0.25, 0.3) is 11.2 Å². The number of piperidine rings is 1. The highest BCUT2D eigenvalue weighted by Crippen LogP contribution is 2.30. The summed E-state index contributed by atoms with van der Waals surface area (Å²) in [6.45, 7) is 2.48. The quantitative estimate of drug-likeness (QED) is 0.696. The predicted octanol–water partition coefficient (Wildman–Crippen LogP) is 3.42. The summed E-state index contributed by atoms with van der Waals surface area (Å²) in [5, 5.41) is 3.05. The van der Waals surface area contributed by atoms with Gasteiger partial charge in [0.1, 0.15) is 17.9 Å². The van der Waals surface area contributed by atoms with E-state index in [4.69, 9.17) is 9.72 Å². The Hall–Kier alpha value is -3.16. The van der Waals surface area contributed by atoms with Gasteiger partial charge in [-0.15, -0.1) is 0 Å². The second-order valence-corrected chi connectivity index (χ2v) is 8.36. The van der Waals surface area contributed by atoms with Crippen molar-refractivity contribution in [1.29, 1.82) is 0 Å². The summed E-state index contributed by atoms with van der Waals surface area (Å²) in [5.74, 6) is 2.68.